The lowest BCUT2D eigenvalue weighted by Crippen LogP contribution is -2.37. The van der Waals surface area contributed by atoms with Crippen molar-refractivity contribution in [3.05, 3.63) is 58.6 Å². The molecule has 2 rings (SSSR count). The first-order chi connectivity index (χ1) is 11.2. The predicted molar refractivity (Wildman–Crippen MR) is 91.3 cm³/mol. The second-order valence-electron chi connectivity index (χ2n) is 4.93. The third kappa shape index (κ3) is 4.75. The minimum Gasteiger partial charge on any atom is -0.324 e. The Labute approximate surface area is 146 Å². The molecule has 1 N–H and O–H groups in total. The molecule has 0 aliphatic heterocycles. The molecule has 0 heterocycles. The van der Waals surface area contributed by atoms with Gasteiger partial charge in [-0.25, -0.2) is 17.2 Å². The van der Waals surface area contributed by atoms with Crippen molar-refractivity contribution < 1.29 is 22.0 Å². The van der Waals surface area contributed by atoms with Gasteiger partial charge < -0.3 is 5.32 Å². The number of halogens is 3. The van der Waals surface area contributed by atoms with Crippen LogP contribution in [0.4, 0.5) is 20.2 Å². The van der Waals surface area contributed by atoms with Gasteiger partial charge in [0.1, 0.15) is 6.54 Å². The van der Waals surface area contributed by atoms with E-state index < -0.39 is 34.1 Å². The highest BCUT2D eigenvalue weighted by Gasteiger charge is 2.21. The fraction of sp³-hybridized carbons (Fsp3) is 0.133. The third-order valence-corrected chi connectivity index (χ3v) is 4.62. The Bertz CT molecular complexity index is 875. The number of rotatable bonds is 5. The molecule has 0 spiro atoms. The van der Waals surface area contributed by atoms with Crippen molar-refractivity contribution >= 4 is 43.2 Å². The van der Waals surface area contributed by atoms with Gasteiger partial charge in [-0.1, -0.05) is 22.0 Å². The van der Waals surface area contributed by atoms with Crippen LogP contribution in [0.15, 0.2) is 46.9 Å². The predicted octanol–water partition coefficient (Wildman–Crippen LogP) is 3.13. The molecule has 0 bridgehead atoms. The lowest BCUT2D eigenvalue weighted by Gasteiger charge is -2.22. The molecule has 0 radical (unpaired) electrons. The number of sulfonamides is 1. The van der Waals surface area contributed by atoms with E-state index in [1.165, 1.54) is 12.1 Å². The summed E-state index contributed by atoms with van der Waals surface area (Å²) in [5.74, 6) is -2.84. The molecular formula is C15H13BrF2N2O3S. The van der Waals surface area contributed by atoms with Crippen molar-refractivity contribution in [3.63, 3.8) is 0 Å². The lowest BCUT2D eigenvalue weighted by atomic mass is 10.3. The number of anilines is 2. The second-order valence-corrected chi connectivity index (χ2v) is 7.75. The molecule has 0 fully saturated rings. The monoisotopic (exact) mass is 418 g/mol. The molecule has 0 saturated carbocycles. The molecule has 0 saturated heterocycles. The molecule has 24 heavy (non-hydrogen) atoms. The van der Waals surface area contributed by atoms with E-state index >= 15 is 0 Å². The van der Waals surface area contributed by atoms with Crippen molar-refractivity contribution in [1.29, 1.82) is 0 Å². The molecule has 2 aromatic rings. The quantitative estimate of drug-likeness (QED) is 0.810. The van der Waals surface area contributed by atoms with Gasteiger partial charge in [-0.05, 0) is 30.3 Å². The summed E-state index contributed by atoms with van der Waals surface area (Å²) in [5, 5.41) is 2.33. The zero-order valence-electron chi connectivity index (χ0n) is 12.5. The summed E-state index contributed by atoms with van der Waals surface area (Å²) in [5.41, 5.74) is 0.328. The Morgan fingerprint density at radius 1 is 1.17 bits per heavy atom. The van der Waals surface area contributed by atoms with E-state index in [4.69, 9.17) is 0 Å². The van der Waals surface area contributed by atoms with Crippen LogP contribution in [-0.4, -0.2) is 27.1 Å². The van der Waals surface area contributed by atoms with E-state index in [-0.39, 0.29) is 5.69 Å². The SMILES string of the molecule is CS(=O)(=O)N(CC(=O)Nc1ccc(F)c(F)c1)c1cccc(Br)c1. The van der Waals surface area contributed by atoms with Crippen LogP contribution in [-0.2, 0) is 14.8 Å². The van der Waals surface area contributed by atoms with E-state index in [9.17, 15) is 22.0 Å². The van der Waals surface area contributed by atoms with Crippen molar-refractivity contribution in [3.8, 4) is 0 Å². The molecule has 0 aliphatic rings. The number of carbonyl (C=O) groups excluding carboxylic acids is 1. The van der Waals surface area contributed by atoms with Gasteiger partial charge in [-0.2, -0.15) is 0 Å². The van der Waals surface area contributed by atoms with Crippen LogP contribution in [0, 0.1) is 11.6 Å². The number of nitrogens with one attached hydrogen (secondary N) is 1. The van der Waals surface area contributed by atoms with E-state index in [1.807, 2.05) is 0 Å². The minimum absolute atomic E-state index is 0.0293. The average molecular weight is 419 g/mol. The summed E-state index contributed by atoms with van der Waals surface area (Å²) < 4.78 is 51.5. The van der Waals surface area contributed by atoms with Gasteiger partial charge in [0, 0.05) is 16.2 Å². The molecule has 0 aliphatic carbocycles. The molecule has 0 atom stereocenters. The van der Waals surface area contributed by atoms with E-state index in [1.54, 1.807) is 18.2 Å². The van der Waals surface area contributed by atoms with Gasteiger partial charge in [0.05, 0.1) is 11.9 Å². The van der Waals surface area contributed by atoms with Gasteiger partial charge in [0.2, 0.25) is 15.9 Å². The Hall–Kier alpha value is -2.00. The number of amides is 1. The Morgan fingerprint density at radius 3 is 2.46 bits per heavy atom. The lowest BCUT2D eigenvalue weighted by molar-refractivity contribution is -0.114. The van der Waals surface area contributed by atoms with Gasteiger partial charge >= 0.3 is 0 Å². The van der Waals surface area contributed by atoms with Gasteiger partial charge in [-0.3, -0.25) is 9.10 Å². The summed E-state index contributed by atoms with van der Waals surface area (Å²) in [7, 11) is -3.72. The molecule has 9 heteroatoms. The smallest absolute Gasteiger partial charge is 0.245 e. The zero-order chi connectivity index (χ0) is 17.9. The fourth-order valence-electron chi connectivity index (χ4n) is 1.94. The van der Waals surface area contributed by atoms with Crippen LogP contribution in [0.5, 0.6) is 0 Å². The third-order valence-electron chi connectivity index (χ3n) is 2.99. The molecule has 2 aromatic carbocycles. The maximum atomic E-state index is 13.2. The van der Waals surface area contributed by atoms with Crippen LogP contribution in [0.3, 0.4) is 0 Å². The van der Waals surface area contributed by atoms with Crippen LogP contribution in [0.1, 0.15) is 0 Å². The standard InChI is InChI=1S/C15H13BrF2N2O3S/c1-24(22,23)20(12-4-2-3-10(16)7-12)9-15(21)19-11-5-6-13(17)14(18)8-11/h2-8H,9H2,1H3,(H,19,21). The Balaban J connectivity index is 2.20. The molecule has 5 nitrogen and oxygen atoms in total. The van der Waals surface area contributed by atoms with Gasteiger partial charge in [0.15, 0.2) is 11.6 Å². The first kappa shape index (κ1) is 18.3. The number of nitrogens with zero attached hydrogens (tertiary/aromatic N) is 1. The number of carbonyl (C=O) groups is 1. The largest absolute Gasteiger partial charge is 0.324 e. The normalized spacial score (nSPS) is 11.2. The number of hydrogen-bond acceptors (Lipinski definition) is 3. The maximum absolute atomic E-state index is 13.2. The average Bonchev–Trinajstić information content (AvgIpc) is 2.47. The van der Waals surface area contributed by atoms with E-state index in [2.05, 4.69) is 21.2 Å². The van der Waals surface area contributed by atoms with E-state index in [0.29, 0.717) is 10.2 Å². The molecule has 0 aromatic heterocycles. The van der Waals surface area contributed by atoms with Crippen LogP contribution < -0.4 is 9.62 Å². The highest BCUT2D eigenvalue weighted by atomic mass is 79.9. The second kappa shape index (κ2) is 7.27. The van der Waals surface area contributed by atoms with Crippen LogP contribution in [0.2, 0.25) is 0 Å². The molecule has 1 amide bonds. The number of hydrogen-bond donors (Lipinski definition) is 1. The van der Waals surface area contributed by atoms with Crippen LogP contribution in [0.25, 0.3) is 0 Å². The molecule has 0 unspecified atom stereocenters. The van der Waals surface area contributed by atoms with Gasteiger partial charge in [-0.15, -0.1) is 0 Å². The highest BCUT2D eigenvalue weighted by Crippen LogP contribution is 2.22. The first-order valence-corrected chi connectivity index (χ1v) is 9.29. The van der Waals surface area contributed by atoms with Crippen molar-refractivity contribution in [2.75, 3.05) is 22.4 Å². The number of benzene rings is 2. The minimum atomic E-state index is -3.72. The maximum Gasteiger partial charge on any atom is 0.245 e. The summed E-state index contributed by atoms with van der Waals surface area (Å²) in [6.07, 6.45) is 0.971. The van der Waals surface area contributed by atoms with Crippen molar-refractivity contribution in [1.82, 2.24) is 0 Å². The summed E-state index contributed by atoms with van der Waals surface area (Å²) in [6.45, 7) is -0.506. The topological polar surface area (TPSA) is 66.5 Å². The highest BCUT2D eigenvalue weighted by molar-refractivity contribution is 9.10. The fourth-order valence-corrected chi connectivity index (χ4v) is 3.17. The van der Waals surface area contributed by atoms with Crippen LogP contribution >= 0.6 is 15.9 Å². The molecular weight excluding hydrogens is 406 g/mol. The molecule has 128 valence electrons. The van der Waals surface area contributed by atoms with E-state index in [0.717, 1.165) is 22.7 Å². The first-order valence-electron chi connectivity index (χ1n) is 6.65. The summed E-state index contributed by atoms with van der Waals surface area (Å²) in [4.78, 5) is 12.1. The Kier molecular flexibility index (Phi) is 5.55. The van der Waals surface area contributed by atoms with Crippen molar-refractivity contribution in [2.45, 2.75) is 0 Å². The zero-order valence-corrected chi connectivity index (χ0v) is 14.9. The van der Waals surface area contributed by atoms with Crippen molar-refractivity contribution in [2.24, 2.45) is 0 Å². The Morgan fingerprint density at radius 2 is 1.88 bits per heavy atom. The van der Waals surface area contributed by atoms with Gasteiger partial charge in [0.25, 0.3) is 0 Å². The summed E-state index contributed by atoms with van der Waals surface area (Å²) in [6, 6.07) is 9.30. The summed E-state index contributed by atoms with van der Waals surface area (Å²) >= 11 is 3.23.